The van der Waals surface area contributed by atoms with Crippen molar-refractivity contribution in [2.45, 2.75) is 39.8 Å². The standard InChI is InChI=1S/C26H28N2O5S/c1-4-31-20-12-11-19(15-21(20)32-5-2)24-23(25(30)33-16-18-9-7-6-8-10-18)17(3)27-26-28(24)22(29)13-14-34-26/h6-12,15,24H,4-5,13-14,16H2,1-3H3/t24-/m1/s1. The quantitative estimate of drug-likeness (QED) is 0.502. The lowest BCUT2D eigenvalue weighted by atomic mass is 9.93. The van der Waals surface area contributed by atoms with Crippen molar-refractivity contribution >= 4 is 28.8 Å². The fraction of sp³-hybridized carbons (Fsp3) is 0.346. The molecule has 0 aromatic heterocycles. The zero-order valence-electron chi connectivity index (χ0n) is 19.6. The molecule has 0 unspecified atom stereocenters. The van der Waals surface area contributed by atoms with Crippen LogP contribution in [0.4, 0.5) is 0 Å². The van der Waals surface area contributed by atoms with Crippen molar-refractivity contribution in [3.8, 4) is 11.5 Å². The Labute approximate surface area is 203 Å². The Morgan fingerprint density at radius 1 is 1.09 bits per heavy atom. The van der Waals surface area contributed by atoms with Gasteiger partial charge in [-0.3, -0.25) is 9.69 Å². The van der Waals surface area contributed by atoms with Crippen LogP contribution in [0.5, 0.6) is 11.5 Å². The number of thioether (sulfide) groups is 1. The fourth-order valence-corrected chi connectivity index (χ4v) is 5.02. The summed E-state index contributed by atoms with van der Waals surface area (Å²) in [4.78, 5) is 32.6. The molecule has 8 heteroatoms. The number of hydrogen-bond acceptors (Lipinski definition) is 7. The summed E-state index contributed by atoms with van der Waals surface area (Å²) >= 11 is 1.52. The van der Waals surface area contributed by atoms with Gasteiger partial charge in [0, 0.05) is 12.2 Å². The van der Waals surface area contributed by atoms with Crippen molar-refractivity contribution in [1.29, 1.82) is 0 Å². The maximum atomic E-state index is 13.4. The zero-order valence-corrected chi connectivity index (χ0v) is 20.4. The first-order valence-corrected chi connectivity index (χ1v) is 12.4. The van der Waals surface area contributed by atoms with E-state index in [4.69, 9.17) is 14.2 Å². The summed E-state index contributed by atoms with van der Waals surface area (Å²) in [6.45, 7) is 6.68. The van der Waals surface area contributed by atoms with E-state index in [1.54, 1.807) is 11.8 Å². The van der Waals surface area contributed by atoms with Crippen LogP contribution >= 0.6 is 11.8 Å². The predicted octanol–water partition coefficient (Wildman–Crippen LogP) is 4.88. The second kappa shape index (κ2) is 10.8. The van der Waals surface area contributed by atoms with Crippen molar-refractivity contribution in [1.82, 2.24) is 4.90 Å². The van der Waals surface area contributed by atoms with E-state index in [-0.39, 0.29) is 12.5 Å². The molecule has 7 nitrogen and oxygen atoms in total. The second-order valence-electron chi connectivity index (χ2n) is 7.79. The van der Waals surface area contributed by atoms with E-state index in [2.05, 4.69) is 4.99 Å². The number of amides is 1. The minimum atomic E-state index is -0.661. The van der Waals surface area contributed by atoms with E-state index in [0.717, 1.165) is 11.1 Å². The first-order chi connectivity index (χ1) is 16.5. The number of fused-ring (bicyclic) bond motifs is 1. The Kier molecular flexibility index (Phi) is 7.57. The highest BCUT2D eigenvalue weighted by atomic mass is 32.2. The second-order valence-corrected chi connectivity index (χ2v) is 8.85. The molecule has 1 fully saturated rings. The van der Waals surface area contributed by atoms with Gasteiger partial charge in [-0.25, -0.2) is 9.79 Å². The number of carbonyl (C=O) groups excluding carboxylic acids is 2. The van der Waals surface area contributed by atoms with Crippen LogP contribution in [0.1, 0.15) is 44.4 Å². The van der Waals surface area contributed by atoms with E-state index in [1.807, 2.05) is 62.4 Å². The Balaban J connectivity index is 1.74. The van der Waals surface area contributed by atoms with Gasteiger partial charge in [0.05, 0.1) is 30.5 Å². The number of esters is 1. The molecule has 178 valence electrons. The van der Waals surface area contributed by atoms with Crippen LogP contribution in [-0.2, 0) is 20.9 Å². The monoisotopic (exact) mass is 480 g/mol. The summed E-state index contributed by atoms with van der Waals surface area (Å²) in [6.07, 6.45) is 0.376. The molecular formula is C26H28N2O5S. The minimum Gasteiger partial charge on any atom is -0.490 e. The highest BCUT2D eigenvalue weighted by Crippen LogP contribution is 2.42. The van der Waals surface area contributed by atoms with Gasteiger partial charge in [-0.2, -0.15) is 0 Å². The average Bonchev–Trinajstić information content (AvgIpc) is 2.84. The summed E-state index contributed by atoms with van der Waals surface area (Å²) in [6, 6.07) is 14.4. The van der Waals surface area contributed by atoms with E-state index < -0.39 is 12.0 Å². The van der Waals surface area contributed by atoms with E-state index in [1.165, 1.54) is 11.8 Å². The van der Waals surface area contributed by atoms with E-state index in [9.17, 15) is 9.59 Å². The highest BCUT2D eigenvalue weighted by Gasteiger charge is 2.42. The molecule has 4 rings (SSSR count). The van der Waals surface area contributed by atoms with Crippen molar-refractivity contribution in [3.63, 3.8) is 0 Å². The summed E-state index contributed by atoms with van der Waals surface area (Å²) in [7, 11) is 0. The molecule has 2 aliphatic rings. The van der Waals surface area contributed by atoms with Gasteiger partial charge in [0.1, 0.15) is 6.61 Å². The lowest BCUT2D eigenvalue weighted by molar-refractivity contribution is -0.141. The molecule has 0 radical (unpaired) electrons. The number of ether oxygens (including phenoxy) is 3. The summed E-state index contributed by atoms with van der Waals surface area (Å²) in [5.41, 5.74) is 2.52. The number of nitrogens with zero attached hydrogens (tertiary/aromatic N) is 2. The van der Waals surface area contributed by atoms with Crippen LogP contribution in [0.3, 0.4) is 0 Å². The molecule has 1 saturated heterocycles. The molecule has 1 atom stereocenters. The number of allylic oxidation sites excluding steroid dienone is 1. The lowest BCUT2D eigenvalue weighted by Gasteiger charge is -2.39. The van der Waals surface area contributed by atoms with Crippen LogP contribution in [0, 0.1) is 0 Å². The predicted molar refractivity (Wildman–Crippen MR) is 132 cm³/mol. The molecule has 34 heavy (non-hydrogen) atoms. The van der Waals surface area contributed by atoms with E-state index >= 15 is 0 Å². The maximum absolute atomic E-state index is 13.4. The summed E-state index contributed by atoms with van der Waals surface area (Å²) in [5.74, 6) is 1.28. The SMILES string of the molecule is CCOc1ccc([C@@H]2C(C(=O)OCc3ccccc3)=C(C)N=C3SCCC(=O)N32)cc1OCC. The Morgan fingerprint density at radius 2 is 1.82 bits per heavy atom. The number of rotatable bonds is 8. The number of benzene rings is 2. The molecule has 2 heterocycles. The molecule has 0 saturated carbocycles. The van der Waals surface area contributed by atoms with E-state index in [0.29, 0.717) is 53.3 Å². The maximum Gasteiger partial charge on any atom is 0.338 e. The molecule has 1 amide bonds. The Morgan fingerprint density at radius 3 is 2.56 bits per heavy atom. The van der Waals surface area contributed by atoms with Crippen LogP contribution < -0.4 is 9.47 Å². The van der Waals surface area contributed by atoms with Gasteiger partial charge in [-0.15, -0.1) is 0 Å². The van der Waals surface area contributed by atoms with Crippen molar-refractivity contribution in [2.75, 3.05) is 19.0 Å². The number of aliphatic imine (C=N–C) groups is 1. The van der Waals surface area contributed by atoms with Crippen molar-refractivity contribution in [2.24, 2.45) is 4.99 Å². The third kappa shape index (κ3) is 4.97. The van der Waals surface area contributed by atoms with Gasteiger partial charge >= 0.3 is 5.97 Å². The Hall–Kier alpha value is -3.26. The number of carbonyl (C=O) groups is 2. The molecule has 0 aliphatic carbocycles. The highest BCUT2D eigenvalue weighted by molar-refractivity contribution is 8.14. The first kappa shape index (κ1) is 23.9. The van der Waals surface area contributed by atoms with Crippen molar-refractivity contribution in [3.05, 3.63) is 70.9 Å². The summed E-state index contributed by atoms with van der Waals surface area (Å²) < 4.78 is 17.2. The van der Waals surface area contributed by atoms with Gasteiger partial charge in [-0.05, 0) is 44.0 Å². The first-order valence-electron chi connectivity index (χ1n) is 11.4. The fourth-order valence-electron chi connectivity index (χ4n) is 4.01. The normalized spacial score (nSPS) is 17.7. The number of amidine groups is 1. The van der Waals surface area contributed by atoms with Gasteiger partial charge in [0.25, 0.3) is 0 Å². The third-order valence-electron chi connectivity index (χ3n) is 5.52. The van der Waals surface area contributed by atoms with Crippen molar-refractivity contribution < 1.29 is 23.8 Å². The third-order valence-corrected chi connectivity index (χ3v) is 6.48. The molecule has 2 aromatic carbocycles. The molecule has 2 aromatic rings. The average molecular weight is 481 g/mol. The molecule has 2 aliphatic heterocycles. The van der Waals surface area contributed by atoms with Crippen LogP contribution in [0.15, 0.2) is 64.8 Å². The smallest absolute Gasteiger partial charge is 0.338 e. The molecule has 0 N–H and O–H groups in total. The van der Waals surface area contributed by atoms with Gasteiger partial charge in [-0.1, -0.05) is 48.2 Å². The molecular weight excluding hydrogens is 452 g/mol. The number of hydrogen-bond donors (Lipinski definition) is 0. The topological polar surface area (TPSA) is 77.4 Å². The largest absolute Gasteiger partial charge is 0.490 e. The van der Waals surface area contributed by atoms with Gasteiger partial charge < -0.3 is 14.2 Å². The van der Waals surface area contributed by atoms with Crippen LogP contribution in [-0.4, -0.2) is 40.9 Å². The molecule has 0 spiro atoms. The minimum absolute atomic E-state index is 0.0739. The van der Waals surface area contributed by atoms with Crippen LogP contribution in [0.25, 0.3) is 0 Å². The van der Waals surface area contributed by atoms with Crippen LogP contribution in [0.2, 0.25) is 0 Å². The van der Waals surface area contributed by atoms with Gasteiger partial charge in [0.2, 0.25) is 5.91 Å². The lowest BCUT2D eigenvalue weighted by Crippen LogP contribution is -2.45. The Bertz CT molecular complexity index is 1130. The zero-order chi connectivity index (χ0) is 24.1. The van der Waals surface area contributed by atoms with Gasteiger partial charge in [0.15, 0.2) is 16.7 Å². The molecule has 0 bridgehead atoms. The summed E-state index contributed by atoms with van der Waals surface area (Å²) in [5, 5.41) is 0.602.